The summed E-state index contributed by atoms with van der Waals surface area (Å²) in [7, 11) is 0. The van der Waals surface area contributed by atoms with Gasteiger partial charge in [0, 0.05) is 31.7 Å². The summed E-state index contributed by atoms with van der Waals surface area (Å²) >= 11 is 4.00. The van der Waals surface area contributed by atoms with Gasteiger partial charge >= 0.3 is 0 Å². The van der Waals surface area contributed by atoms with E-state index in [4.69, 9.17) is 0 Å². The van der Waals surface area contributed by atoms with Crippen LogP contribution >= 0.6 is 12.6 Å². The molecular formula is C11H19N3O3S. The van der Waals surface area contributed by atoms with Gasteiger partial charge in [-0.2, -0.15) is 12.6 Å². The molecule has 1 unspecified atom stereocenters. The van der Waals surface area contributed by atoms with E-state index in [1.807, 2.05) is 0 Å². The molecule has 0 aromatic rings. The minimum atomic E-state index is -0.634. The van der Waals surface area contributed by atoms with Crippen LogP contribution in [0.2, 0.25) is 0 Å². The average molecular weight is 273 g/mol. The Morgan fingerprint density at radius 1 is 1.22 bits per heavy atom. The molecule has 0 bridgehead atoms. The Bertz CT molecular complexity index is 331. The molecular weight excluding hydrogens is 254 g/mol. The second-order valence-electron chi connectivity index (χ2n) is 4.29. The summed E-state index contributed by atoms with van der Waals surface area (Å²) < 4.78 is 0. The van der Waals surface area contributed by atoms with Crippen molar-refractivity contribution < 1.29 is 14.4 Å². The maximum absolute atomic E-state index is 11.6. The minimum Gasteiger partial charge on any atom is -0.354 e. The van der Waals surface area contributed by atoms with Crippen molar-refractivity contribution >= 4 is 30.4 Å². The maximum Gasteiger partial charge on any atom is 0.243 e. The van der Waals surface area contributed by atoms with E-state index in [2.05, 4.69) is 28.6 Å². The topological polar surface area (TPSA) is 87.3 Å². The molecule has 0 aromatic heterocycles. The molecule has 1 aliphatic rings. The number of hydrogen-bond donors (Lipinski definition) is 4. The van der Waals surface area contributed by atoms with Crippen LogP contribution in [-0.2, 0) is 14.4 Å². The van der Waals surface area contributed by atoms with Gasteiger partial charge < -0.3 is 16.0 Å². The minimum absolute atomic E-state index is 0.0526. The highest BCUT2D eigenvalue weighted by atomic mass is 32.1. The lowest BCUT2D eigenvalue weighted by molar-refractivity contribution is -0.127. The van der Waals surface area contributed by atoms with Gasteiger partial charge in [0.15, 0.2) is 0 Å². The molecule has 1 aliphatic carbocycles. The summed E-state index contributed by atoms with van der Waals surface area (Å²) in [6.45, 7) is 2.10. The molecule has 6 nitrogen and oxygen atoms in total. The van der Waals surface area contributed by atoms with Crippen LogP contribution in [0.3, 0.4) is 0 Å². The Morgan fingerprint density at radius 3 is 2.33 bits per heavy atom. The summed E-state index contributed by atoms with van der Waals surface area (Å²) in [6, 6.07) is -0.634. The van der Waals surface area contributed by atoms with Gasteiger partial charge in [0.1, 0.15) is 6.04 Å². The Hall–Kier alpha value is -1.24. The molecule has 1 saturated carbocycles. The van der Waals surface area contributed by atoms with Gasteiger partial charge in [-0.1, -0.05) is 0 Å². The summed E-state index contributed by atoms with van der Waals surface area (Å²) in [6.07, 6.45) is 1.92. The molecule has 0 spiro atoms. The van der Waals surface area contributed by atoms with Gasteiger partial charge in [0.05, 0.1) is 0 Å². The lowest BCUT2D eigenvalue weighted by Crippen LogP contribution is -2.48. The molecule has 3 amide bonds. The van der Waals surface area contributed by atoms with Crippen LogP contribution in [0.1, 0.15) is 19.8 Å². The van der Waals surface area contributed by atoms with Gasteiger partial charge in [-0.15, -0.1) is 0 Å². The van der Waals surface area contributed by atoms with E-state index in [1.54, 1.807) is 0 Å². The van der Waals surface area contributed by atoms with E-state index in [9.17, 15) is 14.4 Å². The van der Waals surface area contributed by atoms with Crippen molar-refractivity contribution in [1.29, 1.82) is 0 Å². The van der Waals surface area contributed by atoms with Gasteiger partial charge in [0.2, 0.25) is 17.7 Å². The van der Waals surface area contributed by atoms with E-state index >= 15 is 0 Å². The number of rotatable bonds is 7. The van der Waals surface area contributed by atoms with Crippen molar-refractivity contribution in [3.05, 3.63) is 0 Å². The predicted molar refractivity (Wildman–Crippen MR) is 70.2 cm³/mol. The van der Waals surface area contributed by atoms with Crippen LogP contribution in [0.5, 0.6) is 0 Å². The third-order valence-electron chi connectivity index (χ3n) is 2.55. The smallest absolute Gasteiger partial charge is 0.243 e. The van der Waals surface area contributed by atoms with Crippen LogP contribution < -0.4 is 16.0 Å². The van der Waals surface area contributed by atoms with Crippen molar-refractivity contribution in [2.24, 2.45) is 5.92 Å². The largest absolute Gasteiger partial charge is 0.354 e. The number of carbonyl (C=O) groups is 3. The number of amides is 3. The molecule has 0 aliphatic heterocycles. The zero-order valence-electron chi connectivity index (χ0n) is 10.4. The molecule has 0 saturated heterocycles. The average Bonchev–Trinajstić information content (AvgIpc) is 3.14. The molecule has 102 valence electrons. The van der Waals surface area contributed by atoms with Gasteiger partial charge in [0.25, 0.3) is 0 Å². The molecule has 0 aromatic carbocycles. The Morgan fingerprint density at radius 2 is 1.83 bits per heavy atom. The summed E-state index contributed by atoms with van der Waals surface area (Å²) in [5.41, 5.74) is 0. The first kappa shape index (κ1) is 14.8. The van der Waals surface area contributed by atoms with Crippen molar-refractivity contribution in [2.75, 3.05) is 18.8 Å². The van der Waals surface area contributed by atoms with Gasteiger partial charge in [-0.05, 0) is 12.8 Å². The number of nitrogens with one attached hydrogen (secondary N) is 3. The SMILES string of the molecule is CC(=O)NC(CS)C(=O)NCCNC(=O)C1CC1. The zero-order chi connectivity index (χ0) is 13.5. The van der Waals surface area contributed by atoms with Crippen molar-refractivity contribution in [1.82, 2.24) is 16.0 Å². The van der Waals surface area contributed by atoms with E-state index in [1.165, 1.54) is 6.92 Å². The van der Waals surface area contributed by atoms with Crippen LogP contribution in [0.25, 0.3) is 0 Å². The lowest BCUT2D eigenvalue weighted by atomic mass is 10.3. The number of thiol groups is 1. The Labute approximate surface area is 112 Å². The molecule has 18 heavy (non-hydrogen) atoms. The highest BCUT2D eigenvalue weighted by molar-refractivity contribution is 7.80. The third kappa shape index (κ3) is 5.39. The van der Waals surface area contributed by atoms with Crippen LogP contribution in [0, 0.1) is 5.92 Å². The summed E-state index contributed by atoms with van der Waals surface area (Å²) in [4.78, 5) is 33.7. The third-order valence-corrected chi connectivity index (χ3v) is 2.91. The first-order valence-electron chi connectivity index (χ1n) is 5.98. The number of hydrogen-bond acceptors (Lipinski definition) is 4. The van der Waals surface area contributed by atoms with Crippen LogP contribution in [-0.4, -0.2) is 42.6 Å². The molecule has 0 heterocycles. The van der Waals surface area contributed by atoms with Crippen LogP contribution in [0.15, 0.2) is 0 Å². The normalized spacial score (nSPS) is 15.7. The fraction of sp³-hybridized carbons (Fsp3) is 0.727. The van der Waals surface area contributed by atoms with Crippen molar-refractivity contribution in [3.63, 3.8) is 0 Å². The van der Waals surface area contributed by atoms with Crippen LogP contribution in [0.4, 0.5) is 0 Å². The fourth-order valence-corrected chi connectivity index (χ4v) is 1.68. The monoisotopic (exact) mass is 273 g/mol. The maximum atomic E-state index is 11.6. The molecule has 7 heteroatoms. The van der Waals surface area contributed by atoms with E-state index in [0.29, 0.717) is 13.1 Å². The zero-order valence-corrected chi connectivity index (χ0v) is 11.3. The van der Waals surface area contributed by atoms with Gasteiger partial charge in [-0.25, -0.2) is 0 Å². The summed E-state index contributed by atoms with van der Waals surface area (Å²) in [5, 5.41) is 7.87. The van der Waals surface area contributed by atoms with Crippen molar-refractivity contribution in [3.8, 4) is 0 Å². The molecule has 1 atom stereocenters. The molecule has 0 radical (unpaired) electrons. The van der Waals surface area contributed by atoms with Crippen molar-refractivity contribution in [2.45, 2.75) is 25.8 Å². The van der Waals surface area contributed by atoms with Gasteiger partial charge in [-0.3, -0.25) is 14.4 Å². The number of carbonyl (C=O) groups excluding carboxylic acids is 3. The first-order chi connectivity index (χ1) is 8.54. The lowest BCUT2D eigenvalue weighted by Gasteiger charge is -2.15. The molecule has 1 fully saturated rings. The Kier molecular flexibility index (Phi) is 5.97. The Balaban J connectivity index is 2.14. The fourth-order valence-electron chi connectivity index (χ4n) is 1.42. The standard InChI is InChI=1S/C11H19N3O3S/c1-7(15)14-9(6-18)11(17)13-5-4-12-10(16)8-2-3-8/h8-9,18H,2-6H2,1H3,(H,12,16)(H,13,17)(H,14,15). The quantitative estimate of drug-likeness (QED) is 0.357. The second-order valence-corrected chi connectivity index (χ2v) is 4.66. The predicted octanol–water partition coefficient (Wildman–Crippen LogP) is -0.937. The highest BCUT2D eigenvalue weighted by Gasteiger charge is 2.29. The van der Waals surface area contributed by atoms with E-state index in [-0.39, 0.29) is 29.4 Å². The molecule has 3 N–H and O–H groups in total. The van der Waals surface area contributed by atoms with E-state index in [0.717, 1.165) is 12.8 Å². The second kappa shape index (κ2) is 7.25. The van der Waals surface area contributed by atoms with E-state index < -0.39 is 6.04 Å². The summed E-state index contributed by atoms with van der Waals surface area (Å²) in [5.74, 6) is -0.103. The molecule has 1 rings (SSSR count). The highest BCUT2D eigenvalue weighted by Crippen LogP contribution is 2.28. The first-order valence-corrected chi connectivity index (χ1v) is 6.61.